The minimum atomic E-state index is -3.59. The van der Waals surface area contributed by atoms with Gasteiger partial charge in [-0.3, -0.25) is 4.31 Å². The van der Waals surface area contributed by atoms with Gasteiger partial charge in [0.2, 0.25) is 0 Å². The molecule has 7 heteroatoms. The molecule has 1 aromatic heterocycles. The van der Waals surface area contributed by atoms with Crippen molar-refractivity contribution in [1.29, 1.82) is 0 Å². The Morgan fingerprint density at radius 1 is 1.38 bits per heavy atom. The van der Waals surface area contributed by atoms with Gasteiger partial charge in [0.15, 0.2) is 0 Å². The molecule has 21 heavy (non-hydrogen) atoms. The molecule has 0 saturated heterocycles. The van der Waals surface area contributed by atoms with Crippen LogP contribution >= 0.6 is 22.9 Å². The number of rotatable bonds is 2. The molecule has 2 aromatic rings. The maximum absolute atomic E-state index is 12.9. The van der Waals surface area contributed by atoms with Crippen LogP contribution in [0.3, 0.4) is 0 Å². The fourth-order valence-electron chi connectivity index (χ4n) is 2.48. The lowest BCUT2D eigenvalue weighted by atomic mass is 9.99. The quantitative estimate of drug-likeness (QED) is 0.910. The summed E-state index contributed by atoms with van der Waals surface area (Å²) in [5.41, 5.74) is 8.39. The molecule has 0 fully saturated rings. The SMILES string of the molecule is Cc1cc(S(=O)(=O)N2CCC(N)c3ccccc32)sc1Cl. The zero-order valence-corrected chi connectivity index (χ0v) is 13.8. The molecule has 0 radical (unpaired) electrons. The highest BCUT2D eigenvalue weighted by molar-refractivity contribution is 7.94. The van der Waals surface area contributed by atoms with Gasteiger partial charge in [-0.25, -0.2) is 8.42 Å². The molecule has 0 amide bonds. The van der Waals surface area contributed by atoms with E-state index in [-0.39, 0.29) is 10.3 Å². The monoisotopic (exact) mass is 342 g/mol. The molecule has 1 aromatic carbocycles. The number of aryl methyl sites for hydroxylation is 1. The number of nitrogens with zero attached hydrogens (tertiary/aromatic N) is 1. The molecule has 0 saturated carbocycles. The second-order valence-electron chi connectivity index (χ2n) is 5.05. The first kappa shape index (κ1) is 14.8. The van der Waals surface area contributed by atoms with Crippen LogP contribution in [0.1, 0.15) is 23.6 Å². The Kier molecular flexibility index (Phi) is 3.73. The van der Waals surface area contributed by atoms with E-state index in [1.54, 1.807) is 19.1 Å². The molecule has 0 bridgehead atoms. The van der Waals surface area contributed by atoms with E-state index in [2.05, 4.69) is 0 Å². The summed E-state index contributed by atoms with van der Waals surface area (Å²) in [6, 6.07) is 8.88. The second-order valence-corrected chi connectivity index (χ2v) is 8.80. The maximum atomic E-state index is 12.9. The zero-order valence-electron chi connectivity index (χ0n) is 11.4. The average Bonchev–Trinajstić information content (AvgIpc) is 2.80. The molecule has 0 spiro atoms. The van der Waals surface area contributed by atoms with Gasteiger partial charge >= 0.3 is 0 Å². The Morgan fingerprint density at radius 3 is 2.76 bits per heavy atom. The number of halogens is 1. The van der Waals surface area contributed by atoms with Crippen LogP contribution in [0.5, 0.6) is 0 Å². The Bertz CT molecular complexity index is 767. The largest absolute Gasteiger partial charge is 0.324 e. The normalized spacial score (nSPS) is 18.6. The predicted octanol–water partition coefficient (Wildman–Crippen LogP) is 3.31. The van der Waals surface area contributed by atoms with Gasteiger partial charge in [-0.15, -0.1) is 11.3 Å². The van der Waals surface area contributed by atoms with Gasteiger partial charge in [0, 0.05) is 12.6 Å². The Morgan fingerprint density at radius 2 is 2.10 bits per heavy atom. The molecule has 1 aliphatic heterocycles. The summed E-state index contributed by atoms with van der Waals surface area (Å²) in [6.07, 6.45) is 0.605. The van der Waals surface area contributed by atoms with Crippen LogP contribution in [-0.4, -0.2) is 15.0 Å². The molecule has 112 valence electrons. The lowest BCUT2D eigenvalue weighted by Crippen LogP contribution is -2.38. The first-order valence-corrected chi connectivity index (χ1v) is 9.18. The van der Waals surface area contributed by atoms with E-state index in [4.69, 9.17) is 17.3 Å². The summed E-state index contributed by atoms with van der Waals surface area (Å²) in [5.74, 6) is 0. The van der Waals surface area contributed by atoms with Crippen molar-refractivity contribution in [2.75, 3.05) is 10.8 Å². The number of nitrogens with two attached hydrogens (primary N) is 1. The standard InChI is InChI=1S/C14H15ClN2O2S2/c1-9-8-13(20-14(9)15)21(18,19)17-7-6-11(16)10-4-2-3-5-12(10)17/h2-5,8,11H,6-7,16H2,1H3. The van der Waals surface area contributed by atoms with Gasteiger partial charge in [0.25, 0.3) is 10.0 Å². The molecule has 4 nitrogen and oxygen atoms in total. The topological polar surface area (TPSA) is 63.4 Å². The second kappa shape index (κ2) is 5.28. The number of hydrogen-bond donors (Lipinski definition) is 1. The van der Waals surface area contributed by atoms with E-state index in [0.29, 0.717) is 23.0 Å². The van der Waals surface area contributed by atoms with E-state index >= 15 is 0 Å². The van der Waals surface area contributed by atoms with E-state index in [0.717, 1.165) is 22.5 Å². The summed E-state index contributed by atoms with van der Waals surface area (Å²) in [4.78, 5) is 0. The number of benzene rings is 1. The molecule has 0 aliphatic carbocycles. The third kappa shape index (κ3) is 2.46. The van der Waals surface area contributed by atoms with Crippen LogP contribution in [0.4, 0.5) is 5.69 Å². The predicted molar refractivity (Wildman–Crippen MR) is 86.6 cm³/mol. The summed E-state index contributed by atoms with van der Waals surface area (Å²) in [5, 5.41) is 0. The first-order chi connectivity index (χ1) is 9.91. The summed E-state index contributed by atoms with van der Waals surface area (Å²) >= 11 is 7.11. The minimum Gasteiger partial charge on any atom is -0.324 e. The third-order valence-corrected chi connectivity index (χ3v) is 7.44. The number of fused-ring (bicyclic) bond motifs is 1. The van der Waals surface area contributed by atoms with Gasteiger partial charge in [0.05, 0.1) is 10.0 Å². The van der Waals surface area contributed by atoms with Gasteiger partial charge in [-0.05, 0) is 36.6 Å². The van der Waals surface area contributed by atoms with Crippen molar-refractivity contribution in [1.82, 2.24) is 0 Å². The molecular weight excluding hydrogens is 328 g/mol. The molecule has 1 unspecified atom stereocenters. The van der Waals surface area contributed by atoms with Crippen LogP contribution in [0, 0.1) is 6.92 Å². The summed E-state index contributed by atoms with van der Waals surface area (Å²) < 4.78 is 27.9. The van der Waals surface area contributed by atoms with Crippen LogP contribution in [0.2, 0.25) is 4.34 Å². The van der Waals surface area contributed by atoms with Crippen LogP contribution in [0.15, 0.2) is 34.5 Å². The van der Waals surface area contributed by atoms with Gasteiger partial charge in [0.1, 0.15) is 4.21 Å². The van der Waals surface area contributed by atoms with Gasteiger partial charge in [-0.2, -0.15) is 0 Å². The lowest BCUT2D eigenvalue weighted by molar-refractivity contribution is 0.576. The fourth-order valence-corrected chi connectivity index (χ4v) is 5.81. The summed E-state index contributed by atoms with van der Waals surface area (Å²) in [6.45, 7) is 2.19. The van der Waals surface area contributed by atoms with Gasteiger partial charge in [-0.1, -0.05) is 29.8 Å². The highest BCUT2D eigenvalue weighted by Crippen LogP contribution is 2.38. The zero-order chi connectivity index (χ0) is 15.2. The molecule has 2 heterocycles. The molecule has 1 atom stereocenters. The van der Waals surface area contributed by atoms with Crippen molar-refractivity contribution in [3.05, 3.63) is 45.8 Å². The highest BCUT2D eigenvalue weighted by atomic mass is 35.5. The van der Waals surface area contributed by atoms with E-state index in [1.165, 1.54) is 4.31 Å². The Labute approximate surface area is 133 Å². The van der Waals surface area contributed by atoms with Gasteiger partial charge < -0.3 is 5.73 Å². The van der Waals surface area contributed by atoms with Crippen molar-refractivity contribution in [3.8, 4) is 0 Å². The highest BCUT2D eigenvalue weighted by Gasteiger charge is 2.32. The Hall–Kier alpha value is -1.08. The lowest BCUT2D eigenvalue weighted by Gasteiger charge is -2.33. The van der Waals surface area contributed by atoms with Crippen LogP contribution in [-0.2, 0) is 10.0 Å². The van der Waals surface area contributed by atoms with Crippen molar-refractivity contribution in [3.63, 3.8) is 0 Å². The molecule has 1 aliphatic rings. The molecular formula is C14H15ClN2O2S2. The van der Waals surface area contributed by atoms with Crippen molar-refractivity contribution in [2.24, 2.45) is 5.73 Å². The number of para-hydroxylation sites is 1. The number of anilines is 1. The van der Waals surface area contributed by atoms with Crippen LogP contribution < -0.4 is 10.0 Å². The number of sulfonamides is 1. The van der Waals surface area contributed by atoms with Crippen LogP contribution in [0.25, 0.3) is 0 Å². The number of hydrogen-bond acceptors (Lipinski definition) is 4. The minimum absolute atomic E-state index is 0.124. The molecule has 2 N–H and O–H groups in total. The van der Waals surface area contributed by atoms with E-state index in [9.17, 15) is 8.42 Å². The average molecular weight is 343 g/mol. The fraction of sp³-hybridized carbons (Fsp3) is 0.286. The smallest absolute Gasteiger partial charge is 0.273 e. The van der Waals surface area contributed by atoms with Crippen molar-refractivity contribution < 1.29 is 8.42 Å². The van der Waals surface area contributed by atoms with Crippen molar-refractivity contribution >= 4 is 38.6 Å². The van der Waals surface area contributed by atoms with E-state index < -0.39 is 10.0 Å². The first-order valence-electron chi connectivity index (χ1n) is 6.54. The van der Waals surface area contributed by atoms with Crippen molar-refractivity contribution in [2.45, 2.75) is 23.6 Å². The van der Waals surface area contributed by atoms with E-state index in [1.807, 2.05) is 18.2 Å². The molecule has 3 rings (SSSR count). The Balaban J connectivity index is 2.10. The third-order valence-electron chi connectivity index (χ3n) is 3.63. The number of thiophene rings is 1. The summed E-state index contributed by atoms with van der Waals surface area (Å²) in [7, 11) is -3.59. The maximum Gasteiger partial charge on any atom is 0.273 e.